The monoisotopic (exact) mass is 320 g/mol. The van der Waals surface area contributed by atoms with E-state index in [1.807, 2.05) is 6.07 Å². The number of hydrogen-bond acceptors (Lipinski definition) is 5. The van der Waals surface area contributed by atoms with Crippen LogP contribution in [0.2, 0.25) is 0 Å². The summed E-state index contributed by atoms with van der Waals surface area (Å²) in [4.78, 5) is 2.50. The molecule has 1 heterocycles. The predicted molar refractivity (Wildman–Crippen MR) is 90.3 cm³/mol. The van der Waals surface area contributed by atoms with E-state index in [-0.39, 0.29) is 0 Å². The molecule has 1 atom stereocenters. The summed E-state index contributed by atoms with van der Waals surface area (Å²) in [6.07, 6.45) is 2.76. The van der Waals surface area contributed by atoms with E-state index in [0.29, 0.717) is 6.04 Å². The maximum Gasteiger partial charge on any atom is 0.161 e. The first-order chi connectivity index (χ1) is 11.3. The van der Waals surface area contributed by atoms with Gasteiger partial charge in [0.2, 0.25) is 0 Å². The topological polar surface area (TPSA) is 43.0 Å². The molecule has 1 unspecified atom stereocenters. The number of hydrogen-bond donors (Lipinski definition) is 1. The fraction of sp³-hybridized carbons (Fsp3) is 0.667. The molecule has 1 aromatic carbocycles. The highest BCUT2D eigenvalue weighted by molar-refractivity contribution is 5.44. The second-order valence-corrected chi connectivity index (χ2v) is 6.38. The molecular formula is C18H28N2O3. The van der Waals surface area contributed by atoms with Gasteiger partial charge in [0.1, 0.15) is 0 Å². The van der Waals surface area contributed by atoms with Crippen molar-refractivity contribution in [3.05, 3.63) is 23.8 Å². The molecule has 0 radical (unpaired) electrons. The summed E-state index contributed by atoms with van der Waals surface area (Å²) < 4.78 is 16.4. The molecule has 128 valence electrons. The Morgan fingerprint density at radius 3 is 2.57 bits per heavy atom. The Labute approximate surface area is 138 Å². The maximum absolute atomic E-state index is 5.51. The van der Waals surface area contributed by atoms with Crippen molar-refractivity contribution in [1.82, 2.24) is 10.2 Å². The Balaban J connectivity index is 1.74. The third kappa shape index (κ3) is 4.37. The molecule has 1 saturated carbocycles. The Kier molecular flexibility index (Phi) is 5.75. The van der Waals surface area contributed by atoms with Crippen molar-refractivity contribution in [3.63, 3.8) is 0 Å². The molecule has 1 aliphatic carbocycles. The Bertz CT molecular complexity index is 499. The van der Waals surface area contributed by atoms with Crippen molar-refractivity contribution >= 4 is 0 Å². The number of methoxy groups -OCH3 is 2. The number of rotatable bonds is 8. The first kappa shape index (κ1) is 16.6. The molecule has 0 spiro atoms. The van der Waals surface area contributed by atoms with Crippen LogP contribution < -0.4 is 14.8 Å². The van der Waals surface area contributed by atoms with E-state index < -0.39 is 0 Å². The molecule has 5 nitrogen and oxygen atoms in total. The van der Waals surface area contributed by atoms with Gasteiger partial charge >= 0.3 is 0 Å². The van der Waals surface area contributed by atoms with Crippen LogP contribution in [0.5, 0.6) is 11.5 Å². The second-order valence-electron chi connectivity index (χ2n) is 6.38. The van der Waals surface area contributed by atoms with Crippen LogP contribution in [0, 0.1) is 5.92 Å². The Hall–Kier alpha value is -1.30. The third-order valence-corrected chi connectivity index (χ3v) is 4.75. The van der Waals surface area contributed by atoms with E-state index in [2.05, 4.69) is 22.3 Å². The molecule has 1 saturated heterocycles. The van der Waals surface area contributed by atoms with E-state index in [9.17, 15) is 0 Å². The zero-order chi connectivity index (χ0) is 16.1. The van der Waals surface area contributed by atoms with E-state index in [0.717, 1.165) is 56.8 Å². The van der Waals surface area contributed by atoms with Crippen molar-refractivity contribution in [3.8, 4) is 11.5 Å². The van der Waals surface area contributed by atoms with E-state index in [4.69, 9.17) is 14.2 Å². The van der Waals surface area contributed by atoms with Crippen molar-refractivity contribution in [2.75, 3.05) is 53.6 Å². The number of ether oxygens (including phenoxy) is 3. The average Bonchev–Trinajstić information content (AvgIpc) is 3.43. The smallest absolute Gasteiger partial charge is 0.161 e. The number of benzene rings is 1. The quantitative estimate of drug-likeness (QED) is 0.794. The minimum atomic E-state index is 0.345. The first-order valence-electron chi connectivity index (χ1n) is 8.56. The fourth-order valence-electron chi connectivity index (χ4n) is 3.15. The predicted octanol–water partition coefficient (Wildman–Crippen LogP) is 2.08. The maximum atomic E-state index is 5.51. The SMILES string of the molecule is COc1ccc(C(CNCC2CC2)N2CCOCC2)cc1OC. The molecule has 3 rings (SSSR count). The summed E-state index contributed by atoms with van der Waals surface area (Å²) in [6.45, 7) is 5.67. The number of morpholine rings is 1. The molecule has 0 bridgehead atoms. The molecular weight excluding hydrogens is 292 g/mol. The van der Waals surface area contributed by atoms with Crippen LogP contribution in [-0.2, 0) is 4.74 Å². The van der Waals surface area contributed by atoms with Crippen LogP contribution in [0.25, 0.3) is 0 Å². The lowest BCUT2D eigenvalue weighted by molar-refractivity contribution is 0.0161. The van der Waals surface area contributed by atoms with Gasteiger partial charge in [-0.25, -0.2) is 0 Å². The van der Waals surface area contributed by atoms with Gasteiger partial charge in [0.15, 0.2) is 11.5 Å². The first-order valence-corrected chi connectivity index (χ1v) is 8.56. The number of nitrogens with one attached hydrogen (secondary N) is 1. The lowest BCUT2D eigenvalue weighted by Gasteiger charge is -2.35. The molecule has 1 aromatic rings. The standard InChI is InChI=1S/C18H28N2O3/c1-21-17-6-5-15(11-18(17)22-2)16(13-19-12-14-3-4-14)20-7-9-23-10-8-20/h5-6,11,14,16,19H,3-4,7-10,12-13H2,1-2H3. The molecule has 0 aromatic heterocycles. The van der Waals surface area contributed by atoms with Crippen molar-refractivity contribution in [2.45, 2.75) is 18.9 Å². The Morgan fingerprint density at radius 2 is 1.91 bits per heavy atom. The summed E-state index contributed by atoms with van der Waals surface area (Å²) in [7, 11) is 3.37. The number of nitrogens with zero attached hydrogens (tertiary/aromatic N) is 1. The van der Waals surface area contributed by atoms with Gasteiger partial charge in [0, 0.05) is 25.7 Å². The molecule has 1 aliphatic heterocycles. The second kappa shape index (κ2) is 7.99. The molecule has 2 fully saturated rings. The zero-order valence-corrected chi connectivity index (χ0v) is 14.2. The Morgan fingerprint density at radius 1 is 1.17 bits per heavy atom. The van der Waals surface area contributed by atoms with Gasteiger partial charge in [-0.1, -0.05) is 6.07 Å². The lowest BCUT2D eigenvalue weighted by Crippen LogP contribution is -2.43. The van der Waals surface area contributed by atoms with Gasteiger partial charge in [0.25, 0.3) is 0 Å². The van der Waals surface area contributed by atoms with Crippen LogP contribution in [0.3, 0.4) is 0 Å². The van der Waals surface area contributed by atoms with Gasteiger partial charge in [0.05, 0.1) is 27.4 Å². The van der Waals surface area contributed by atoms with Crippen molar-refractivity contribution in [2.24, 2.45) is 5.92 Å². The highest BCUT2D eigenvalue weighted by Gasteiger charge is 2.25. The highest BCUT2D eigenvalue weighted by atomic mass is 16.5. The van der Waals surface area contributed by atoms with Gasteiger partial charge in [-0.15, -0.1) is 0 Å². The molecule has 0 amide bonds. The summed E-state index contributed by atoms with van der Waals surface area (Å²) in [5, 5.41) is 3.65. The average molecular weight is 320 g/mol. The highest BCUT2D eigenvalue weighted by Crippen LogP contribution is 2.32. The minimum Gasteiger partial charge on any atom is -0.493 e. The molecule has 2 aliphatic rings. The summed E-state index contributed by atoms with van der Waals surface area (Å²) in [5.41, 5.74) is 1.27. The van der Waals surface area contributed by atoms with E-state index in [1.54, 1.807) is 14.2 Å². The molecule has 5 heteroatoms. The third-order valence-electron chi connectivity index (χ3n) is 4.75. The van der Waals surface area contributed by atoms with Crippen LogP contribution in [0.4, 0.5) is 0 Å². The van der Waals surface area contributed by atoms with E-state index >= 15 is 0 Å². The van der Waals surface area contributed by atoms with Crippen molar-refractivity contribution < 1.29 is 14.2 Å². The summed E-state index contributed by atoms with van der Waals surface area (Å²) in [5.74, 6) is 2.47. The van der Waals surface area contributed by atoms with Gasteiger partial charge in [-0.2, -0.15) is 0 Å². The fourth-order valence-corrected chi connectivity index (χ4v) is 3.15. The van der Waals surface area contributed by atoms with E-state index in [1.165, 1.54) is 18.4 Å². The van der Waals surface area contributed by atoms with Crippen LogP contribution >= 0.6 is 0 Å². The summed E-state index contributed by atoms with van der Waals surface area (Å²) in [6, 6.07) is 6.61. The molecule has 23 heavy (non-hydrogen) atoms. The van der Waals surface area contributed by atoms with Gasteiger partial charge < -0.3 is 19.5 Å². The summed E-state index contributed by atoms with van der Waals surface area (Å²) >= 11 is 0. The van der Waals surface area contributed by atoms with Crippen LogP contribution in [-0.4, -0.2) is 58.5 Å². The normalized spacial score (nSPS) is 20.3. The van der Waals surface area contributed by atoms with Crippen LogP contribution in [0.15, 0.2) is 18.2 Å². The minimum absolute atomic E-state index is 0.345. The van der Waals surface area contributed by atoms with Crippen molar-refractivity contribution in [1.29, 1.82) is 0 Å². The molecule has 1 N–H and O–H groups in total. The largest absolute Gasteiger partial charge is 0.493 e. The lowest BCUT2D eigenvalue weighted by atomic mass is 10.0. The zero-order valence-electron chi connectivity index (χ0n) is 14.2. The van der Waals surface area contributed by atoms with Gasteiger partial charge in [-0.05, 0) is 43.0 Å². The van der Waals surface area contributed by atoms with Crippen LogP contribution in [0.1, 0.15) is 24.4 Å². The van der Waals surface area contributed by atoms with Gasteiger partial charge in [-0.3, -0.25) is 4.90 Å².